The lowest BCUT2D eigenvalue weighted by atomic mass is 9.72. The predicted octanol–water partition coefficient (Wildman–Crippen LogP) is 1.70. The fourth-order valence-electron chi connectivity index (χ4n) is 2.00. The van der Waals surface area contributed by atoms with E-state index in [1.54, 1.807) is 18.2 Å². The van der Waals surface area contributed by atoms with E-state index in [1.807, 2.05) is 0 Å². The number of nitrogens with one attached hydrogen (secondary N) is 1. The topological polar surface area (TPSA) is 66.4 Å². The van der Waals surface area contributed by atoms with Gasteiger partial charge in [-0.3, -0.25) is 4.79 Å². The van der Waals surface area contributed by atoms with Crippen LogP contribution in [-0.4, -0.2) is 17.3 Å². The van der Waals surface area contributed by atoms with Crippen LogP contribution in [0.3, 0.4) is 0 Å². The number of aliphatic hydroxyl groups is 1. The molecular weight excluding hydrogens is 242 g/mol. The molecule has 0 bridgehead atoms. The molecule has 1 aromatic rings. The molecule has 4 nitrogen and oxygen atoms in total. The second-order valence-corrected chi connectivity index (χ2v) is 5.07. The molecule has 1 heterocycles. The first-order chi connectivity index (χ1) is 7.84. The summed E-state index contributed by atoms with van der Waals surface area (Å²) in [7, 11) is 0. The Labute approximate surface area is 104 Å². The molecule has 0 radical (unpaired) electrons. The normalized spacial score (nSPS) is 23.2. The van der Waals surface area contributed by atoms with Crippen molar-refractivity contribution in [1.82, 2.24) is 0 Å². The molecule has 2 N–H and O–H groups in total. The van der Waals surface area contributed by atoms with Crippen molar-refractivity contribution in [3.05, 3.63) is 28.8 Å². The van der Waals surface area contributed by atoms with Gasteiger partial charge in [-0.05, 0) is 19.9 Å². The molecule has 0 fully saturated rings. The summed E-state index contributed by atoms with van der Waals surface area (Å²) in [6.07, 6.45) is 0.572. The third-order valence-corrected chi connectivity index (χ3v) is 3.51. The van der Waals surface area contributed by atoms with Crippen molar-refractivity contribution in [2.75, 3.05) is 5.32 Å². The maximum absolute atomic E-state index is 11.9. The summed E-state index contributed by atoms with van der Waals surface area (Å²) >= 11 is 5.94. The number of hydrogen-bond acceptors (Lipinski definition) is 3. The molecule has 1 amide bonds. The summed E-state index contributed by atoms with van der Waals surface area (Å²) in [5.74, 6) is -0.627. The number of halogens is 1. The molecule has 1 aromatic carbocycles. The van der Waals surface area contributed by atoms with Crippen molar-refractivity contribution in [2.24, 2.45) is 5.41 Å². The number of hydrogen-bond donors (Lipinski definition) is 2. The summed E-state index contributed by atoms with van der Waals surface area (Å²) in [6.45, 7) is 3.02. The molecule has 0 aliphatic carbocycles. The van der Waals surface area contributed by atoms with Gasteiger partial charge in [0.25, 0.3) is 5.91 Å². The molecule has 1 aliphatic heterocycles. The van der Waals surface area contributed by atoms with Crippen LogP contribution in [0.25, 0.3) is 0 Å². The van der Waals surface area contributed by atoms with Crippen LogP contribution in [0.2, 0.25) is 5.02 Å². The molecular formula is C12H12ClNO3. The van der Waals surface area contributed by atoms with Crippen LogP contribution in [0.5, 0.6) is 0 Å². The fourth-order valence-corrected chi connectivity index (χ4v) is 2.23. The Hall–Kier alpha value is -1.39. The lowest BCUT2D eigenvalue weighted by Gasteiger charge is -2.33. The minimum absolute atomic E-state index is 0.340. The van der Waals surface area contributed by atoms with Crippen LogP contribution in [-0.2, 0) is 15.2 Å². The summed E-state index contributed by atoms with van der Waals surface area (Å²) in [5.41, 5.74) is -2.40. The summed E-state index contributed by atoms with van der Waals surface area (Å²) in [4.78, 5) is 23.0. The van der Waals surface area contributed by atoms with E-state index in [4.69, 9.17) is 11.6 Å². The minimum atomic E-state index is -1.88. The van der Waals surface area contributed by atoms with Gasteiger partial charge in [-0.2, -0.15) is 0 Å². The standard InChI is InChI=1S/C12H12ClNO3/c1-11(2,6-15)12(17)7-4-3-5-8(13)9(7)14-10(12)16/h3-6,17H,1-2H3,(H,14,16)/t12-/m1/s1. The number of carbonyl (C=O) groups is 2. The highest BCUT2D eigenvalue weighted by molar-refractivity contribution is 6.34. The first-order valence-electron chi connectivity index (χ1n) is 5.14. The minimum Gasteiger partial charge on any atom is -0.374 e. The van der Waals surface area contributed by atoms with Gasteiger partial charge < -0.3 is 15.2 Å². The Morgan fingerprint density at radius 1 is 1.47 bits per heavy atom. The second kappa shape index (κ2) is 3.55. The Kier molecular flexibility index (Phi) is 2.52. The molecule has 2 rings (SSSR count). The Morgan fingerprint density at radius 2 is 2.12 bits per heavy atom. The van der Waals surface area contributed by atoms with E-state index in [2.05, 4.69) is 5.32 Å². The average molecular weight is 254 g/mol. The van der Waals surface area contributed by atoms with Gasteiger partial charge in [0, 0.05) is 5.56 Å². The van der Waals surface area contributed by atoms with Crippen LogP contribution >= 0.6 is 11.6 Å². The van der Waals surface area contributed by atoms with Gasteiger partial charge in [0.2, 0.25) is 0 Å². The molecule has 0 saturated heterocycles. The number of carbonyl (C=O) groups excluding carboxylic acids is 2. The molecule has 1 atom stereocenters. The highest BCUT2D eigenvalue weighted by Crippen LogP contribution is 2.48. The molecule has 0 spiro atoms. The van der Waals surface area contributed by atoms with E-state index >= 15 is 0 Å². The molecule has 90 valence electrons. The van der Waals surface area contributed by atoms with E-state index < -0.39 is 16.9 Å². The van der Waals surface area contributed by atoms with Crippen LogP contribution in [0.1, 0.15) is 19.4 Å². The van der Waals surface area contributed by atoms with E-state index in [0.717, 1.165) is 0 Å². The fraction of sp³-hybridized carbons (Fsp3) is 0.333. The van der Waals surface area contributed by atoms with Crippen molar-refractivity contribution < 1.29 is 14.7 Å². The summed E-state index contributed by atoms with van der Waals surface area (Å²) in [5, 5.41) is 13.4. The van der Waals surface area contributed by atoms with Gasteiger partial charge in [0.15, 0.2) is 5.60 Å². The first kappa shape index (κ1) is 12.1. The maximum atomic E-state index is 11.9. The lowest BCUT2D eigenvalue weighted by molar-refractivity contribution is -0.152. The van der Waals surface area contributed by atoms with Gasteiger partial charge in [-0.15, -0.1) is 0 Å². The third kappa shape index (κ3) is 1.41. The number of benzene rings is 1. The number of aldehydes is 1. The molecule has 17 heavy (non-hydrogen) atoms. The maximum Gasteiger partial charge on any atom is 0.262 e. The van der Waals surface area contributed by atoms with E-state index in [-0.39, 0.29) is 0 Å². The van der Waals surface area contributed by atoms with Crippen LogP contribution in [0, 0.1) is 5.41 Å². The van der Waals surface area contributed by atoms with Crippen molar-refractivity contribution in [3.8, 4) is 0 Å². The number of anilines is 1. The SMILES string of the molecule is CC(C)(C=O)[C@]1(O)C(=O)Nc2c(Cl)cccc21. The van der Waals surface area contributed by atoms with Crippen molar-refractivity contribution >= 4 is 29.5 Å². The lowest BCUT2D eigenvalue weighted by Crippen LogP contribution is -2.48. The molecule has 1 aliphatic rings. The highest BCUT2D eigenvalue weighted by atomic mass is 35.5. The average Bonchev–Trinajstić information content (AvgIpc) is 2.56. The van der Waals surface area contributed by atoms with Gasteiger partial charge in [-0.25, -0.2) is 0 Å². The monoisotopic (exact) mass is 253 g/mol. The van der Waals surface area contributed by atoms with Crippen LogP contribution < -0.4 is 5.32 Å². The highest BCUT2D eigenvalue weighted by Gasteiger charge is 2.56. The number of para-hydroxylation sites is 1. The van der Waals surface area contributed by atoms with Crippen LogP contribution in [0.4, 0.5) is 5.69 Å². The number of rotatable bonds is 2. The van der Waals surface area contributed by atoms with E-state index in [9.17, 15) is 14.7 Å². The van der Waals surface area contributed by atoms with Crippen molar-refractivity contribution in [3.63, 3.8) is 0 Å². The van der Waals surface area contributed by atoms with Gasteiger partial charge in [0.05, 0.1) is 16.1 Å². The molecule has 0 saturated carbocycles. The Morgan fingerprint density at radius 3 is 2.71 bits per heavy atom. The summed E-state index contributed by atoms with van der Waals surface area (Å²) in [6, 6.07) is 4.83. The van der Waals surface area contributed by atoms with Gasteiger partial charge in [0.1, 0.15) is 6.29 Å². The first-order valence-corrected chi connectivity index (χ1v) is 5.51. The molecule has 5 heteroatoms. The second-order valence-electron chi connectivity index (χ2n) is 4.67. The van der Waals surface area contributed by atoms with Crippen LogP contribution in [0.15, 0.2) is 18.2 Å². The number of amides is 1. The zero-order chi connectivity index (χ0) is 12.8. The Balaban J connectivity index is 2.71. The quantitative estimate of drug-likeness (QED) is 0.789. The zero-order valence-electron chi connectivity index (χ0n) is 9.45. The van der Waals surface area contributed by atoms with Gasteiger partial charge >= 0.3 is 0 Å². The largest absolute Gasteiger partial charge is 0.374 e. The molecule has 0 aromatic heterocycles. The van der Waals surface area contributed by atoms with E-state index in [1.165, 1.54) is 13.8 Å². The van der Waals surface area contributed by atoms with Crippen molar-refractivity contribution in [1.29, 1.82) is 0 Å². The van der Waals surface area contributed by atoms with E-state index in [0.29, 0.717) is 22.6 Å². The smallest absolute Gasteiger partial charge is 0.262 e. The molecule has 0 unspecified atom stereocenters. The predicted molar refractivity (Wildman–Crippen MR) is 63.8 cm³/mol. The summed E-state index contributed by atoms with van der Waals surface area (Å²) < 4.78 is 0. The van der Waals surface area contributed by atoms with Gasteiger partial charge in [-0.1, -0.05) is 23.7 Å². The third-order valence-electron chi connectivity index (χ3n) is 3.20. The Bertz CT molecular complexity index is 512. The number of fused-ring (bicyclic) bond motifs is 1. The van der Waals surface area contributed by atoms with Crippen molar-refractivity contribution in [2.45, 2.75) is 19.4 Å². The zero-order valence-corrected chi connectivity index (χ0v) is 10.2.